The Hall–Kier alpha value is -2.00. The summed E-state index contributed by atoms with van der Waals surface area (Å²) in [6.07, 6.45) is 0. The minimum Gasteiger partial charge on any atom is -0.496 e. The third-order valence-corrected chi connectivity index (χ3v) is 4.78. The van der Waals surface area contributed by atoms with Gasteiger partial charge in [0.05, 0.1) is 30.5 Å². The minimum absolute atomic E-state index is 0.214. The molecular formula is C17H16ClIN2O4. The second kappa shape index (κ2) is 8.39. The molecule has 0 saturated heterocycles. The highest BCUT2D eigenvalue weighted by molar-refractivity contribution is 14.1. The van der Waals surface area contributed by atoms with Gasteiger partial charge in [-0.1, -0.05) is 11.6 Å². The molecule has 8 heteroatoms. The van der Waals surface area contributed by atoms with E-state index in [0.29, 0.717) is 33.5 Å². The number of carbonyl (C=O) groups excluding carboxylic acids is 2. The van der Waals surface area contributed by atoms with E-state index in [1.165, 1.54) is 21.1 Å². The average molecular weight is 475 g/mol. The van der Waals surface area contributed by atoms with Crippen molar-refractivity contribution in [3.8, 4) is 11.5 Å². The maximum atomic E-state index is 12.7. The number of carbonyl (C=O) groups is 2. The van der Waals surface area contributed by atoms with Crippen molar-refractivity contribution in [2.45, 2.75) is 6.92 Å². The van der Waals surface area contributed by atoms with Crippen LogP contribution in [0, 0.1) is 3.57 Å². The summed E-state index contributed by atoms with van der Waals surface area (Å²) >= 11 is 8.18. The predicted molar refractivity (Wildman–Crippen MR) is 106 cm³/mol. The Labute approximate surface area is 164 Å². The van der Waals surface area contributed by atoms with E-state index in [2.05, 4.69) is 33.2 Å². The normalized spacial score (nSPS) is 10.1. The predicted octanol–water partition coefficient (Wildman–Crippen LogP) is 4.17. The topological polar surface area (TPSA) is 76.7 Å². The van der Waals surface area contributed by atoms with Gasteiger partial charge in [-0.3, -0.25) is 9.59 Å². The Bertz CT molecular complexity index is 827. The van der Waals surface area contributed by atoms with Gasteiger partial charge in [0.15, 0.2) is 0 Å². The molecule has 2 aromatic rings. The number of nitrogens with one attached hydrogen (secondary N) is 2. The van der Waals surface area contributed by atoms with Crippen molar-refractivity contribution in [2.24, 2.45) is 0 Å². The zero-order chi connectivity index (χ0) is 18.6. The van der Waals surface area contributed by atoms with Crippen LogP contribution in [0.2, 0.25) is 5.02 Å². The van der Waals surface area contributed by atoms with Crippen molar-refractivity contribution >= 4 is 57.4 Å². The first-order valence-electron chi connectivity index (χ1n) is 7.15. The van der Waals surface area contributed by atoms with Gasteiger partial charge >= 0.3 is 0 Å². The van der Waals surface area contributed by atoms with Crippen LogP contribution in [-0.4, -0.2) is 26.0 Å². The van der Waals surface area contributed by atoms with E-state index >= 15 is 0 Å². The number of halogens is 2. The number of amides is 2. The van der Waals surface area contributed by atoms with E-state index in [9.17, 15) is 9.59 Å². The maximum Gasteiger partial charge on any atom is 0.259 e. The first-order chi connectivity index (χ1) is 11.8. The number of benzene rings is 2. The maximum absolute atomic E-state index is 12.7. The van der Waals surface area contributed by atoms with Crippen LogP contribution in [0.3, 0.4) is 0 Å². The highest BCUT2D eigenvalue weighted by Gasteiger charge is 2.17. The van der Waals surface area contributed by atoms with Crippen molar-refractivity contribution in [1.82, 2.24) is 0 Å². The molecule has 0 aliphatic rings. The molecule has 0 saturated carbocycles. The highest BCUT2D eigenvalue weighted by atomic mass is 127. The molecular weight excluding hydrogens is 459 g/mol. The average Bonchev–Trinajstić information content (AvgIpc) is 2.56. The third kappa shape index (κ3) is 4.76. The Morgan fingerprint density at radius 2 is 1.72 bits per heavy atom. The highest BCUT2D eigenvalue weighted by Crippen LogP contribution is 2.31. The summed E-state index contributed by atoms with van der Waals surface area (Å²) in [4.78, 5) is 23.9. The molecule has 0 fully saturated rings. The summed E-state index contributed by atoms with van der Waals surface area (Å²) in [6, 6.07) is 8.17. The lowest BCUT2D eigenvalue weighted by atomic mass is 10.1. The summed E-state index contributed by atoms with van der Waals surface area (Å²) < 4.78 is 11.3. The molecule has 0 aliphatic carbocycles. The summed E-state index contributed by atoms with van der Waals surface area (Å²) in [5, 5.41) is 5.86. The quantitative estimate of drug-likeness (QED) is 0.638. The number of hydrogen-bond acceptors (Lipinski definition) is 4. The number of anilines is 2. The van der Waals surface area contributed by atoms with Gasteiger partial charge in [-0.15, -0.1) is 0 Å². The second-order valence-electron chi connectivity index (χ2n) is 5.02. The van der Waals surface area contributed by atoms with Gasteiger partial charge in [0.2, 0.25) is 5.91 Å². The van der Waals surface area contributed by atoms with E-state index in [0.717, 1.165) is 3.57 Å². The Kier molecular flexibility index (Phi) is 6.49. The van der Waals surface area contributed by atoms with Gasteiger partial charge in [-0.25, -0.2) is 0 Å². The van der Waals surface area contributed by atoms with Crippen LogP contribution in [0.5, 0.6) is 11.5 Å². The van der Waals surface area contributed by atoms with Crippen LogP contribution >= 0.6 is 34.2 Å². The molecule has 0 aromatic heterocycles. The van der Waals surface area contributed by atoms with E-state index in [-0.39, 0.29) is 5.91 Å². The lowest BCUT2D eigenvalue weighted by Gasteiger charge is -2.14. The summed E-state index contributed by atoms with van der Waals surface area (Å²) in [5.74, 6) is 0.239. The summed E-state index contributed by atoms with van der Waals surface area (Å²) in [7, 11) is 2.97. The van der Waals surface area contributed by atoms with Crippen molar-refractivity contribution in [3.63, 3.8) is 0 Å². The molecule has 0 spiro atoms. The standard InChI is InChI=1S/C17H16ClIN2O4/c1-9(22)20-10-4-5-15(24-2)14(6-10)21-17(23)11-7-12(18)13(19)8-16(11)25-3/h4-8H,1-3H3,(H,20,22)(H,21,23). The van der Waals surface area contributed by atoms with E-state index < -0.39 is 5.91 Å². The van der Waals surface area contributed by atoms with Crippen LogP contribution in [0.25, 0.3) is 0 Å². The summed E-state index contributed by atoms with van der Waals surface area (Å²) in [6.45, 7) is 1.40. The van der Waals surface area contributed by atoms with E-state index in [1.807, 2.05) is 0 Å². The molecule has 0 atom stereocenters. The van der Waals surface area contributed by atoms with Crippen molar-refractivity contribution in [2.75, 3.05) is 24.9 Å². The van der Waals surface area contributed by atoms with E-state index in [4.69, 9.17) is 21.1 Å². The van der Waals surface area contributed by atoms with Crippen molar-refractivity contribution < 1.29 is 19.1 Å². The third-order valence-electron chi connectivity index (χ3n) is 3.26. The fourth-order valence-corrected chi connectivity index (χ4v) is 2.75. The Morgan fingerprint density at radius 3 is 2.32 bits per heavy atom. The van der Waals surface area contributed by atoms with Gasteiger partial charge in [0, 0.05) is 16.2 Å². The fourth-order valence-electron chi connectivity index (χ4n) is 2.15. The van der Waals surface area contributed by atoms with Crippen LogP contribution in [0.4, 0.5) is 11.4 Å². The van der Waals surface area contributed by atoms with Gasteiger partial charge in [-0.2, -0.15) is 0 Å². The molecule has 0 radical (unpaired) electrons. The number of methoxy groups -OCH3 is 2. The molecule has 2 N–H and O–H groups in total. The van der Waals surface area contributed by atoms with Gasteiger partial charge in [0.25, 0.3) is 5.91 Å². The molecule has 0 bridgehead atoms. The Balaban J connectivity index is 2.37. The molecule has 2 rings (SSSR count). The van der Waals surface area contributed by atoms with Crippen LogP contribution < -0.4 is 20.1 Å². The van der Waals surface area contributed by atoms with Crippen LogP contribution in [0.1, 0.15) is 17.3 Å². The first kappa shape index (κ1) is 19.3. The molecule has 0 aliphatic heterocycles. The van der Waals surface area contributed by atoms with E-state index in [1.54, 1.807) is 30.3 Å². The molecule has 132 valence electrons. The van der Waals surface area contributed by atoms with Crippen LogP contribution in [0.15, 0.2) is 30.3 Å². The molecule has 0 heterocycles. The Morgan fingerprint density at radius 1 is 1.04 bits per heavy atom. The monoisotopic (exact) mass is 474 g/mol. The van der Waals surface area contributed by atoms with Gasteiger partial charge in [0.1, 0.15) is 11.5 Å². The largest absolute Gasteiger partial charge is 0.496 e. The molecule has 25 heavy (non-hydrogen) atoms. The van der Waals surface area contributed by atoms with Gasteiger partial charge < -0.3 is 20.1 Å². The minimum atomic E-state index is -0.409. The second-order valence-corrected chi connectivity index (χ2v) is 6.59. The smallest absolute Gasteiger partial charge is 0.259 e. The summed E-state index contributed by atoms with van der Waals surface area (Å²) in [5.41, 5.74) is 1.24. The number of rotatable bonds is 5. The lowest BCUT2D eigenvalue weighted by Crippen LogP contribution is -2.15. The first-order valence-corrected chi connectivity index (χ1v) is 8.61. The number of hydrogen-bond donors (Lipinski definition) is 2. The fraction of sp³-hybridized carbons (Fsp3) is 0.176. The van der Waals surface area contributed by atoms with Crippen molar-refractivity contribution in [1.29, 1.82) is 0 Å². The SMILES string of the molecule is COc1ccc(NC(C)=O)cc1NC(=O)c1cc(Cl)c(I)cc1OC. The lowest BCUT2D eigenvalue weighted by molar-refractivity contribution is -0.114. The zero-order valence-corrected chi connectivity index (χ0v) is 16.7. The number of ether oxygens (including phenoxy) is 2. The zero-order valence-electron chi connectivity index (χ0n) is 13.8. The molecule has 6 nitrogen and oxygen atoms in total. The van der Waals surface area contributed by atoms with Crippen molar-refractivity contribution in [3.05, 3.63) is 44.5 Å². The molecule has 2 aromatic carbocycles. The van der Waals surface area contributed by atoms with Crippen LogP contribution in [-0.2, 0) is 4.79 Å². The molecule has 2 amide bonds. The van der Waals surface area contributed by atoms with Gasteiger partial charge in [-0.05, 0) is 52.9 Å². The molecule has 0 unspecified atom stereocenters.